The Morgan fingerprint density at radius 2 is 1.62 bits per heavy atom. The van der Waals surface area contributed by atoms with E-state index in [1.54, 1.807) is 30.3 Å². The fourth-order valence-electron chi connectivity index (χ4n) is 3.72. The Labute approximate surface area is 186 Å². The predicted molar refractivity (Wildman–Crippen MR) is 111 cm³/mol. The zero-order valence-corrected chi connectivity index (χ0v) is 18.3. The molecule has 10 heteroatoms. The van der Waals surface area contributed by atoms with Crippen molar-refractivity contribution in [2.75, 3.05) is 20.0 Å². The van der Waals surface area contributed by atoms with E-state index in [2.05, 4.69) is 0 Å². The molecular weight excluding hydrogens is 440 g/mol. The highest BCUT2D eigenvalue weighted by molar-refractivity contribution is 7.86. The quantitative estimate of drug-likeness (QED) is 0.469. The minimum atomic E-state index is -3.94. The van der Waals surface area contributed by atoms with E-state index < -0.39 is 53.1 Å². The number of ether oxygens (including phenoxy) is 5. The van der Waals surface area contributed by atoms with Crippen LogP contribution in [0, 0.1) is 0 Å². The van der Waals surface area contributed by atoms with E-state index in [1.165, 1.54) is 7.11 Å². The summed E-state index contributed by atoms with van der Waals surface area (Å²) in [6.45, 7) is 0.120. The summed E-state index contributed by atoms with van der Waals surface area (Å²) in [5.41, 5.74) is 1.06. The number of hydrogen-bond acceptors (Lipinski definition) is 9. The maximum atomic E-state index is 12.8. The zero-order valence-electron chi connectivity index (χ0n) is 17.5. The monoisotopic (exact) mass is 464 g/mol. The minimum absolute atomic E-state index is 0.120. The van der Waals surface area contributed by atoms with Crippen molar-refractivity contribution in [1.82, 2.24) is 0 Å². The third-order valence-corrected chi connectivity index (χ3v) is 5.70. The van der Waals surface area contributed by atoms with Crippen LogP contribution in [-0.4, -0.2) is 65.1 Å². The van der Waals surface area contributed by atoms with Crippen LogP contribution in [0.3, 0.4) is 0 Å². The number of methoxy groups -OCH3 is 1. The Morgan fingerprint density at radius 3 is 2.25 bits per heavy atom. The molecule has 0 aromatic heterocycles. The smallest absolute Gasteiger partial charge is 0.338 e. The molecule has 2 aromatic carbocycles. The first kappa shape index (κ1) is 22.8. The van der Waals surface area contributed by atoms with E-state index in [0.29, 0.717) is 5.56 Å². The number of esters is 1. The van der Waals surface area contributed by atoms with E-state index in [9.17, 15) is 13.2 Å². The molecule has 2 aliphatic heterocycles. The molecule has 0 unspecified atom stereocenters. The van der Waals surface area contributed by atoms with Crippen molar-refractivity contribution in [3.8, 4) is 0 Å². The summed E-state index contributed by atoms with van der Waals surface area (Å²) in [5.74, 6) is -0.653. The lowest BCUT2D eigenvalue weighted by Gasteiger charge is -2.47. The van der Waals surface area contributed by atoms with Gasteiger partial charge in [-0.2, -0.15) is 8.42 Å². The lowest BCUT2D eigenvalue weighted by Crippen LogP contribution is -2.64. The van der Waals surface area contributed by atoms with Crippen LogP contribution >= 0.6 is 0 Å². The van der Waals surface area contributed by atoms with E-state index >= 15 is 0 Å². The fourth-order valence-corrected chi connectivity index (χ4v) is 4.32. The van der Waals surface area contributed by atoms with Crippen LogP contribution in [0.1, 0.15) is 22.2 Å². The number of carbonyl (C=O) groups is 1. The van der Waals surface area contributed by atoms with Crippen molar-refractivity contribution in [1.29, 1.82) is 0 Å². The molecule has 0 bridgehead atoms. The number of rotatable bonds is 6. The molecule has 2 fully saturated rings. The van der Waals surface area contributed by atoms with E-state index in [1.807, 2.05) is 30.3 Å². The van der Waals surface area contributed by atoms with Crippen LogP contribution in [0.5, 0.6) is 0 Å². The average molecular weight is 464 g/mol. The zero-order chi connectivity index (χ0) is 22.7. The Balaban J connectivity index is 1.65. The molecule has 9 nitrogen and oxygen atoms in total. The summed E-state index contributed by atoms with van der Waals surface area (Å²) in [6, 6.07) is 17.6. The summed E-state index contributed by atoms with van der Waals surface area (Å²) >= 11 is 0. The summed E-state index contributed by atoms with van der Waals surface area (Å²) in [4.78, 5) is 12.8. The largest absolute Gasteiger partial charge is 0.453 e. The topological polar surface area (TPSA) is 107 Å². The molecule has 0 saturated carbocycles. The summed E-state index contributed by atoms with van der Waals surface area (Å²) in [7, 11) is -2.60. The molecule has 0 aliphatic carbocycles. The maximum absolute atomic E-state index is 12.8. The second kappa shape index (κ2) is 9.65. The number of hydrogen-bond donors (Lipinski definition) is 0. The SMILES string of the molecule is CO[C@@H]1O[C@H]2CO[C@@H](c3ccccc3)O[C@H]2[C@H](OC(=O)c2ccccc2)[C@H]1OS(C)(=O)=O. The Bertz CT molecular complexity index is 1010. The molecule has 0 N–H and O–H groups in total. The van der Waals surface area contributed by atoms with E-state index in [-0.39, 0.29) is 6.61 Å². The molecule has 2 heterocycles. The van der Waals surface area contributed by atoms with Gasteiger partial charge < -0.3 is 23.7 Å². The minimum Gasteiger partial charge on any atom is -0.453 e. The van der Waals surface area contributed by atoms with Gasteiger partial charge in [0.25, 0.3) is 10.1 Å². The second-order valence-electron chi connectivity index (χ2n) is 7.46. The van der Waals surface area contributed by atoms with Crippen molar-refractivity contribution >= 4 is 16.1 Å². The standard InChI is InChI=1S/C22H24O9S/c1-26-22-19(31-32(2,24)25)18(29-20(23)14-9-5-3-6-10-14)17-16(28-22)13-27-21(30-17)15-11-7-4-8-12-15/h3-12,16-19,21-22H,13H2,1-2H3/t16-,17+,18-,19+,21+,22+/m0/s1. The molecule has 2 aliphatic rings. The van der Waals surface area contributed by atoms with Crippen molar-refractivity contribution in [3.63, 3.8) is 0 Å². The number of fused-ring (bicyclic) bond motifs is 1. The molecule has 0 amide bonds. The second-order valence-corrected chi connectivity index (χ2v) is 9.06. The highest BCUT2D eigenvalue weighted by Gasteiger charge is 2.54. The molecule has 32 heavy (non-hydrogen) atoms. The molecule has 2 aromatic rings. The number of benzene rings is 2. The Kier molecular flexibility index (Phi) is 6.89. The van der Waals surface area contributed by atoms with Crippen LogP contribution in [-0.2, 0) is 38.0 Å². The summed E-state index contributed by atoms with van der Waals surface area (Å²) in [6.07, 6.45) is -4.93. The predicted octanol–water partition coefficient (Wildman–Crippen LogP) is 2.04. The van der Waals surface area contributed by atoms with Gasteiger partial charge >= 0.3 is 5.97 Å². The molecule has 4 rings (SSSR count). The van der Waals surface area contributed by atoms with Gasteiger partial charge in [-0.25, -0.2) is 4.79 Å². The van der Waals surface area contributed by atoms with Gasteiger partial charge in [0.15, 0.2) is 24.8 Å². The molecule has 2 saturated heterocycles. The molecule has 172 valence electrons. The number of carbonyl (C=O) groups excluding carboxylic acids is 1. The first-order valence-corrected chi connectivity index (χ1v) is 11.8. The van der Waals surface area contributed by atoms with Gasteiger partial charge in [0.1, 0.15) is 12.2 Å². The maximum Gasteiger partial charge on any atom is 0.338 e. The first-order chi connectivity index (χ1) is 15.4. The lowest BCUT2D eigenvalue weighted by molar-refractivity contribution is -0.353. The molecule has 0 radical (unpaired) electrons. The van der Waals surface area contributed by atoms with E-state index in [4.69, 9.17) is 27.9 Å². The first-order valence-electron chi connectivity index (χ1n) is 10.0. The fraction of sp³-hybridized carbons (Fsp3) is 0.409. The summed E-state index contributed by atoms with van der Waals surface area (Å²) < 4.78 is 58.0. The third kappa shape index (κ3) is 5.17. The van der Waals surface area contributed by atoms with Crippen LogP contribution in [0.25, 0.3) is 0 Å². The van der Waals surface area contributed by atoms with Gasteiger partial charge in [0.2, 0.25) is 0 Å². The van der Waals surface area contributed by atoms with Gasteiger partial charge in [-0.1, -0.05) is 48.5 Å². The van der Waals surface area contributed by atoms with Gasteiger partial charge in [0, 0.05) is 12.7 Å². The molecule has 6 atom stereocenters. The van der Waals surface area contributed by atoms with Crippen LogP contribution in [0.4, 0.5) is 0 Å². The van der Waals surface area contributed by atoms with Crippen molar-refractivity contribution in [2.24, 2.45) is 0 Å². The van der Waals surface area contributed by atoms with Crippen LogP contribution < -0.4 is 0 Å². The third-order valence-electron chi connectivity index (χ3n) is 5.13. The highest BCUT2D eigenvalue weighted by atomic mass is 32.2. The molecular formula is C22H24O9S. The van der Waals surface area contributed by atoms with E-state index in [0.717, 1.165) is 11.8 Å². The average Bonchev–Trinajstić information content (AvgIpc) is 2.80. The van der Waals surface area contributed by atoms with Gasteiger partial charge in [-0.15, -0.1) is 0 Å². The Hall–Kier alpha value is -2.34. The Morgan fingerprint density at radius 1 is 0.969 bits per heavy atom. The van der Waals surface area contributed by atoms with Gasteiger partial charge in [-0.05, 0) is 12.1 Å². The van der Waals surface area contributed by atoms with Gasteiger partial charge in [0.05, 0.1) is 18.4 Å². The van der Waals surface area contributed by atoms with Crippen LogP contribution in [0.15, 0.2) is 60.7 Å². The van der Waals surface area contributed by atoms with Gasteiger partial charge in [-0.3, -0.25) is 4.18 Å². The van der Waals surface area contributed by atoms with Crippen molar-refractivity contribution < 1.29 is 41.1 Å². The van der Waals surface area contributed by atoms with Crippen LogP contribution in [0.2, 0.25) is 0 Å². The van der Waals surface area contributed by atoms with Crippen molar-refractivity contribution in [3.05, 3.63) is 71.8 Å². The normalized spacial score (nSPS) is 30.3. The summed E-state index contributed by atoms with van der Waals surface area (Å²) in [5, 5.41) is 0. The highest BCUT2D eigenvalue weighted by Crippen LogP contribution is 2.37. The molecule has 0 spiro atoms. The lowest BCUT2D eigenvalue weighted by atomic mass is 9.97. The van der Waals surface area contributed by atoms with Crippen molar-refractivity contribution in [2.45, 2.75) is 37.0 Å².